The molecule has 10 heteroatoms. The van der Waals surface area contributed by atoms with E-state index in [0.29, 0.717) is 12.3 Å². The smallest absolute Gasteiger partial charge is 0.187 e. The third kappa shape index (κ3) is 5.59. The number of halogens is 1. The Kier molecular flexibility index (Phi) is 7.94. The van der Waals surface area contributed by atoms with E-state index in [1.807, 2.05) is 0 Å². The second-order valence-corrected chi connectivity index (χ2v) is 10.8. The number of rotatable bonds is 8. The molecule has 0 spiro atoms. The van der Waals surface area contributed by atoms with Crippen molar-refractivity contribution in [3.05, 3.63) is 59.0 Å². The normalized spacial score (nSPS) is 16.7. The van der Waals surface area contributed by atoms with E-state index in [-0.39, 0.29) is 0 Å². The first kappa shape index (κ1) is 26.0. The Morgan fingerprint density at radius 1 is 0.949 bits per heavy atom. The fourth-order valence-electron chi connectivity index (χ4n) is 5.53. The molecule has 0 atom stereocenters. The van der Waals surface area contributed by atoms with Crippen LogP contribution < -0.4 is 14.5 Å². The van der Waals surface area contributed by atoms with Gasteiger partial charge in [0.05, 0.1) is 30.9 Å². The van der Waals surface area contributed by atoms with Crippen molar-refractivity contribution < 1.29 is 9.47 Å². The van der Waals surface area contributed by atoms with Crippen molar-refractivity contribution in [2.24, 2.45) is 0 Å². The van der Waals surface area contributed by atoms with Crippen LogP contribution >= 0.6 is 15.9 Å². The fraction of sp³-hybridized carbons (Fsp3) is 0.414. The van der Waals surface area contributed by atoms with Gasteiger partial charge in [-0.3, -0.25) is 10.00 Å². The average molecular weight is 593 g/mol. The number of nitrogens with zero attached hydrogens (tertiary/aromatic N) is 6. The van der Waals surface area contributed by atoms with E-state index in [0.717, 1.165) is 92.6 Å². The van der Waals surface area contributed by atoms with Crippen LogP contribution in [-0.4, -0.2) is 90.7 Å². The zero-order valence-electron chi connectivity index (χ0n) is 22.3. The number of piperazine rings is 1. The van der Waals surface area contributed by atoms with Gasteiger partial charge in [0, 0.05) is 51.4 Å². The van der Waals surface area contributed by atoms with Crippen molar-refractivity contribution in [1.82, 2.24) is 25.1 Å². The molecule has 2 aliphatic rings. The quantitative estimate of drug-likeness (QED) is 0.299. The molecule has 0 saturated carbocycles. The summed E-state index contributed by atoms with van der Waals surface area (Å²) in [6, 6.07) is 15.0. The first-order valence-corrected chi connectivity index (χ1v) is 14.4. The summed E-state index contributed by atoms with van der Waals surface area (Å²) in [5, 5.41) is 8.18. The van der Waals surface area contributed by atoms with E-state index >= 15 is 0 Å². The molecule has 4 aromatic rings. The van der Waals surface area contributed by atoms with Gasteiger partial charge in [0.15, 0.2) is 11.4 Å². The number of hydrogen-bond donors (Lipinski definition) is 1. The van der Waals surface area contributed by atoms with E-state index in [2.05, 4.69) is 100 Å². The predicted molar refractivity (Wildman–Crippen MR) is 158 cm³/mol. The number of aromatic amines is 1. The number of benzene rings is 2. The highest BCUT2D eigenvalue weighted by molar-refractivity contribution is 9.10. The Morgan fingerprint density at radius 2 is 1.72 bits per heavy atom. The van der Waals surface area contributed by atoms with E-state index in [1.165, 1.54) is 16.8 Å². The van der Waals surface area contributed by atoms with Crippen LogP contribution in [0.4, 0.5) is 11.5 Å². The molecule has 1 N–H and O–H groups in total. The third-order valence-electron chi connectivity index (χ3n) is 7.57. The average Bonchev–Trinajstić information content (AvgIpc) is 3.37. The number of H-pyrrole nitrogens is 1. The number of morpholine rings is 1. The lowest BCUT2D eigenvalue weighted by molar-refractivity contribution is 0.0358. The Labute approximate surface area is 237 Å². The molecule has 2 aromatic carbocycles. The summed E-state index contributed by atoms with van der Waals surface area (Å²) in [4.78, 5) is 16.2. The number of anilines is 2. The number of aromatic nitrogens is 4. The molecule has 0 unspecified atom stereocenters. The lowest BCUT2D eigenvalue weighted by atomic mass is 10.00. The molecular weight excluding hydrogens is 558 g/mol. The first-order chi connectivity index (χ1) is 19.2. The summed E-state index contributed by atoms with van der Waals surface area (Å²) >= 11 is 3.58. The SMILES string of the molecule is Cc1ccc(-c2ccccc2)c(OCCCN2CCOCC2)c1N1CCN(c2ncnc3n[nH]c(Br)c23)CC1. The van der Waals surface area contributed by atoms with Gasteiger partial charge in [0.1, 0.15) is 16.7 Å². The topological polar surface area (TPSA) is 82.6 Å². The monoisotopic (exact) mass is 591 g/mol. The van der Waals surface area contributed by atoms with Crippen molar-refractivity contribution in [2.45, 2.75) is 13.3 Å². The molecule has 2 saturated heterocycles. The molecule has 2 aliphatic heterocycles. The van der Waals surface area contributed by atoms with Crippen molar-refractivity contribution in [3.8, 4) is 16.9 Å². The summed E-state index contributed by atoms with van der Waals surface area (Å²) < 4.78 is 13.0. The first-order valence-electron chi connectivity index (χ1n) is 13.7. The Morgan fingerprint density at radius 3 is 2.51 bits per heavy atom. The molecule has 39 heavy (non-hydrogen) atoms. The van der Waals surface area contributed by atoms with Crippen LogP contribution in [0.2, 0.25) is 0 Å². The maximum atomic E-state index is 6.67. The molecule has 0 aliphatic carbocycles. The minimum atomic E-state index is 0.675. The summed E-state index contributed by atoms with van der Waals surface area (Å²) in [6.07, 6.45) is 2.58. The molecule has 2 aromatic heterocycles. The van der Waals surface area contributed by atoms with E-state index < -0.39 is 0 Å². The summed E-state index contributed by atoms with van der Waals surface area (Å²) in [5.74, 6) is 1.90. The molecule has 0 radical (unpaired) electrons. The highest BCUT2D eigenvalue weighted by atomic mass is 79.9. The van der Waals surface area contributed by atoms with Gasteiger partial charge >= 0.3 is 0 Å². The van der Waals surface area contributed by atoms with E-state index in [9.17, 15) is 0 Å². The number of aryl methyl sites for hydroxylation is 1. The van der Waals surface area contributed by atoms with Crippen molar-refractivity contribution in [2.75, 3.05) is 75.4 Å². The van der Waals surface area contributed by atoms with Crippen molar-refractivity contribution >= 4 is 38.5 Å². The van der Waals surface area contributed by atoms with Crippen molar-refractivity contribution in [3.63, 3.8) is 0 Å². The van der Waals surface area contributed by atoms with Gasteiger partial charge in [-0.15, -0.1) is 0 Å². The third-order valence-corrected chi connectivity index (χ3v) is 8.14. The fourth-order valence-corrected chi connectivity index (χ4v) is 5.97. The van der Waals surface area contributed by atoms with Gasteiger partial charge in [-0.2, -0.15) is 5.10 Å². The van der Waals surface area contributed by atoms with Crippen molar-refractivity contribution in [1.29, 1.82) is 0 Å². The second kappa shape index (κ2) is 11.9. The number of nitrogens with one attached hydrogen (secondary N) is 1. The summed E-state index contributed by atoms with van der Waals surface area (Å²) in [5.41, 5.74) is 5.42. The lowest BCUT2D eigenvalue weighted by Crippen LogP contribution is -2.47. The second-order valence-electron chi connectivity index (χ2n) is 10.0. The minimum absolute atomic E-state index is 0.675. The van der Waals surface area contributed by atoms with Crippen LogP contribution in [0.1, 0.15) is 12.0 Å². The van der Waals surface area contributed by atoms with Crippen LogP contribution in [0.25, 0.3) is 22.2 Å². The zero-order chi connectivity index (χ0) is 26.6. The molecule has 204 valence electrons. The van der Waals surface area contributed by atoms with Gasteiger partial charge in [-0.1, -0.05) is 42.5 Å². The highest BCUT2D eigenvalue weighted by Crippen LogP contribution is 2.42. The molecule has 2 fully saturated rings. The van der Waals surface area contributed by atoms with Crippen LogP contribution in [0.5, 0.6) is 5.75 Å². The van der Waals surface area contributed by atoms with Crippen LogP contribution in [-0.2, 0) is 4.74 Å². The van der Waals surface area contributed by atoms with Crippen LogP contribution in [0, 0.1) is 6.92 Å². The number of hydrogen-bond acceptors (Lipinski definition) is 8. The number of fused-ring (bicyclic) bond motifs is 1. The predicted octanol–water partition coefficient (Wildman–Crippen LogP) is 4.52. The molecule has 0 bridgehead atoms. The summed E-state index contributed by atoms with van der Waals surface area (Å²) in [6.45, 7) is 11.0. The Hall–Kier alpha value is -3.21. The Bertz CT molecular complexity index is 1400. The maximum absolute atomic E-state index is 6.67. The largest absolute Gasteiger partial charge is 0.491 e. The van der Waals surface area contributed by atoms with Gasteiger partial charge in [-0.25, -0.2) is 9.97 Å². The van der Waals surface area contributed by atoms with Gasteiger partial charge in [-0.05, 0) is 40.4 Å². The lowest BCUT2D eigenvalue weighted by Gasteiger charge is -2.38. The number of ether oxygens (including phenoxy) is 2. The zero-order valence-corrected chi connectivity index (χ0v) is 23.9. The van der Waals surface area contributed by atoms with Gasteiger partial charge in [0.25, 0.3) is 0 Å². The molecule has 0 amide bonds. The van der Waals surface area contributed by atoms with Crippen LogP contribution in [0.15, 0.2) is 53.4 Å². The van der Waals surface area contributed by atoms with Gasteiger partial charge < -0.3 is 19.3 Å². The standard InChI is InChI=1S/C29H34BrN7O2/c1-21-8-9-23(22-6-3-2-4-7-22)26(39-17-5-10-35-15-18-38-19-16-35)25(21)36-11-13-37(14-12-36)29-24-27(30)33-34-28(24)31-20-32-29/h2-4,6-9,20H,5,10-19H2,1H3,(H,31,32,33,34). The van der Waals surface area contributed by atoms with E-state index in [4.69, 9.17) is 9.47 Å². The minimum Gasteiger partial charge on any atom is -0.491 e. The van der Waals surface area contributed by atoms with E-state index in [1.54, 1.807) is 6.33 Å². The summed E-state index contributed by atoms with van der Waals surface area (Å²) in [7, 11) is 0. The molecule has 4 heterocycles. The molecule has 9 nitrogen and oxygen atoms in total. The Balaban J connectivity index is 1.23. The van der Waals surface area contributed by atoms with Crippen LogP contribution in [0.3, 0.4) is 0 Å². The highest BCUT2D eigenvalue weighted by Gasteiger charge is 2.26. The molecule has 6 rings (SSSR count). The van der Waals surface area contributed by atoms with Gasteiger partial charge in [0.2, 0.25) is 0 Å². The maximum Gasteiger partial charge on any atom is 0.187 e. The molecular formula is C29H34BrN7O2.